The van der Waals surface area contributed by atoms with Gasteiger partial charge >= 0.3 is 5.97 Å². The number of carbonyl (C=O) groups is 3. The van der Waals surface area contributed by atoms with E-state index in [4.69, 9.17) is 4.74 Å². The predicted molar refractivity (Wildman–Crippen MR) is 170 cm³/mol. The van der Waals surface area contributed by atoms with Gasteiger partial charge in [0.05, 0.1) is 35.8 Å². The largest absolute Gasteiger partial charge is 0.465 e. The van der Waals surface area contributed by atoms with Gasteiger partial charge < -0.3 is 19.6 Å². The van der Waals surface area contributed by atoms with Crippen LogP contribution in [0.4, 0.5) is 0 Å². The highest BCUT2D eigenvalue weighted by Gasteiger charge is 2.77. The molecule has 2 amide bonds. The Morgan fingerprint density at radius 3 is 2.58 bits per heavy atom. The number of esters is 1. The Balaban J connectivity index is 1.52. The second-order valence-electron chi connectivity index (χ2n) is 12.8. The molecule has 1 aromatic rings. The van der Waals surface area contributed by atoms with Gasteiger partial charge in [-0.3, -0.25) is 14.4 Å². The number of allylic oxidation sites excluding steroid dienone is 1. The van der Waals surface area contributed by atoms with Gasteiger partial charge in [0, 0.05) is 17.8 Å². The van der Waals surface area contributed by atoms with Gasteiger partial charge in [-0.25, -0.2) is 0 Å². The molecule has 3 heterocycles. The number of fused-ring (bicyclic) bond motifs is 1. The lowest BCUT2D eigenvalue weighted by atomic mass is 9.66. The van der Waals surface area contributed by atoms with Crippen LogP contribution in [0, 0.1) is 17.8 Å². The van der Waals surface area contributed by atoms with Gasteiger partial charge in [-0.15, -0.1) is 24.9 Å². The van der Waals surface area contributed by atoms with Gasteiger partial charge in [0.2, 0.25) is 11.8 Å². The molecule has 43 heavy (non-hydrogen) atoms. The molecule has 7 atom stereocenters. The summed E-state index contributed by atoms with van der Waals surface area (Å²) >= 11 is 1.67. The number of aliphatic hydroxyl groups is 1. The van der Waals surface area contributed by atoms with E-state index in [1.165, 1.54) is 6.42 Å². The summed E-state index contributed by atoms with van der Waals surface area (Å²) < 4.78 is 5.05. The maximum absolute atomic E-state index is 14.9. The van der Waals surface area contributed by atoms with Crippen LogP contribution in [-0.4, -0.2) is 80.6 Å². The maximum Gasteiger partial charge on any atom is 0.310 e. The van der Waals surface area contributed by atoms with E-state index in [1.54, 1.807) is 22.7 Å². The molecule has 1 N–H and O–H groups in total. The highest BCUT2D eigenvalue weighted by atomic mass is 32.2. The van der Waals surface area contributed by atoms with Crippen molar-refractivity contribution in [1.82, 2.24) is 9.80 Å². The number of hydrogen-bond acceptors (Lipinski definition) is 6. The number of aliphatic hydroxyl groups excluding tert-OH is 1. The second-order valence-corrected chi connectivity index (χ2v) is 14.4. The Bertz CT molecular complexity index is 1170. The first-order valence-corrected chi connectivity index (χ1v) is 17.1. The number of hydrogen-bond donors (Lipinski definition) is 1. The molecule has 0 aromatic heterocycles. The van der Waals surface area contributed by atoms with Gasteiger partial charge in [-0.1, -0.05) is 68.7 Å². The number of amides is 2. The summed E-state index contributed by atoms with van der Waals surface area (Å²) in [5, 5.41) is 10.7. The first kappa shape index (κ1) is 31.8. The highest BCUT2D eigenvalue weighted by molar-refractivity contribution is 8.02. The van der Waals surface area contributed by atoms with E-state index in [0.717, 1.165) is 56.9 Å². The monoisotopic (exact) mass is 608 g/mol. The van der Waals surface area contributed by atoms with Crippen LogP contribution in [0.25, 0.3) is 0 Å². The lowest BCUT2D eigenvalue weighted by Crippen LogP contribution is -2.61. The number of benzene rings is 1. The lowest BCUT2D eigenvalue weighted by Gasteiger charge is -2.44. The molecule has 1 saturated carbocycles. The third-order valence-electron chi connectivity index (χ3n) is 10.3. The molecule has 4 aliphatic rings. The molecule has 7 nitrogen and oxygen atoms in total. The molecule has 8 heteroatoms. The van der Waals surface area contributed by atoms with Crippen LogP contribution in [0.2, 0.25) is 0 Å². The summed E-state index contributed by atoms with van der Waals surface area (Å²) in [5.74, 6) is -1.76. The van der Waals surface area contributed by atoms with Crippen molar-refractivity contribution in [1.29, 1.82) is 0 Å². The molecule has 5 rings (SSSR count). The Labute approximate surface area is 261 Å². The number of thioether (sulfide) groups is 1. The average molecular weight is 609 g/mol. The summed E-state index contributed by atoms with van der Waals surface area (Å²) in [7, 11) is 0. The van der Waals surface area contributed by atoms with E-state index in [9.17, 15) is 19.5 Å². The van der Waals surface area contributed by atoms with Crippen molar-refractivity contribution >= 4 is 29.5 Å². The minimum atomic E-state index is -0.761. The van der Waals surface area contributed by atoms with Gasteiger partial charge in [-0.05, 0) is 56.4 Å². The summed E-state index contributed by atoms with van der Waals surface area (Å²) in [4.78, 5) is 47.0. The Morgan fingerprint density at radius 1 is 1.16 bits per heavy atom. The van der Waals surface area contributed by atoms with Crippen molar-refractivity contribution in [3.63, 3.8) is 0 Å². The van der Waals surface area contributed by atoms with Crippen LogP contribution in [0.3, 0.4) is 0 Å². The van der Waals surface area contributed by atoms with E-state index in [-0.39, 0.29) is 41.6 Å². The minimum absolute atomic E-state index is 0.0556. The van der Waals surface area contributed by atoms with Gasteiger partial charge in [-0.2, -0.15) is 0 Å². The standard InChI is InChI=1S/C35H48N2O5S/c1-4-6-7-14-20-42-34(41)29-28-21-24(3)35(43-28)30(29)32(39)37(27(23-38)22-25-15-10-8-11-16-25)31(35)33(40)36(19-5-2)26-17-12-9-13-18-26/h4-5,8,10-11,15-16,24,26-31,38H,1-2,6-7,9,12-14,17-23H2,3H3/t24?,27-,28-,29+,30+,31?,35?/m1/s1. The third kappa shape index (κ3) is 5.94. The van der Waals surface area contributed by atoms with Crippen LogP contribution < -0.4 is 0 Å². The fourth-order valence-corrected chi connectivity index (χ4v) is 10.7. The average Bonchev–Trinajstić information content (AvgIpc) is 3.62. The molecule has 234 valence electrons. The zero-order chi connectivity index (χ0) is 30.6. The SMILES string of the molecule is C=CCCCCOC(=O)[C@@H]1[C@H]2C(=O)N([C@@H](CO)Cc3ccccc3)C(C(=O)N(CC=C)C3CCCCC3)C23S[C@@H]1CC3C. The number of unbranched alkanes of at least 4 members (excludes halogenated alkanes) is 2. The maximum atomic E-state index is 14.9. The van der Waals surface area contributed by atoms with E-state index >= 15 is 0 Å². The van der Waals surface area contributed by atoms with E-state index in [0.29, 0.717) is 19.6 Å². The predicted octanol–water partition coefficient (Wildman–Crippen LogP) is 5.17. The fourth-order valence-electron chi connectivity index (χ4n) is 8.31. The molecule has 1 aliphatic carbocycles. The Kier molecular flexibility index (Phi) is 10.4. The molecule has 1 aromatic carbocycles. The zero-order valence-electron chi connectivity index (χ0n) is 25.6. The van der Waals surface area contributed by atoms with Crippen molar-refractivity contribution in [2.24, 2.45) is 17.8 Å². The molecule has 1 spiro atoms. The molecule has 3 aliphatic heterocycles. The van der Waals surface area contributed by atoms with Crippen LogP contribution in [0.1, 0.15) is 70.3 Å². The van der Waals surface area contributed by atoms with Gasteiger partial charge in [0.15, 0.2) is 0 Å². The number of nitrogens with zero attached hydrogens (tertiary/aromatic N) is 2. The van der Waals surface area contributed by atoms with Gasteiger partial charge in [0.1, 0.15) is 6.04 Å². The van der Waals surface area contributed by atoms with Crippen LogP contribution >= 0.6 is 11.8 Å². The van der Waals surface area contributed by atoms with Crippen molar-refractivity contribution in [2.45, 2.75) is 99.3 Å². The fraction of sp³-hybridized carbons (Fsp3) is 0.629. The van der Waals surface area contributed by atoms with Crippen molar-refractivity contribution in [3.05, 3.63) is 61.2 Å². The number of likely N-dealkylation sites (tertiary alicyclic amines) is 1. The van der Waals surface area contributed by atoms with Crippen LogP contribution in [-0.2, 0) is 25.5 Å². The highest BCUT2D eigenvalue weighted by Crippen LogP contribution is 2.69. The molecule has 2 bridgehead atoms. The van der Waals surface area contributed by atoms with Crippen LogP contribution in [0.15, 0.2) is 55.6 Å². The lowest BCUT2D eigenvalue weighted by molar-refractivity contribution is -0.155. The Hall–Kier alpha value is -2.58. The van der Waals surface area contributed by atoms with E-state index in [1.807, 2.05) is 41.3 Å². The molecular formula is C35H48N2O5S. The van der Waals surface area contributed by atoms with Gasteiger partial charge in [0.25, 0.3) is 0 Å². The zero-order valence-corrected chi connectivity index (χ0v) is 26.4. The van der Waals surface area contributed by atoms with E-state index < -0.39 is 28.7 Å². The summed E-state index contributed by atoms with van der Waals surface area (Å²) in [6.45, 7) is 10.3. The Morgan fingerprint density at radius 2 is 1.91 bits per heavy atom. The quantitative estimate of drug-likeness (QED) is 0.178. The summed E-state index contributed by atoms with van der Waals surface area (Å²) in [6, 6.07) is 8.56. The van der Waals surface area contributed by atoms with Crippen molar-refractivity contribution in [2.75, 3.05) is 19.8 Å². The molecule has 3 saturated heterocycles. The normalized spacial score (nSPS) is 30.6. The topological polar surface area (TPSA) is 87.1 Å². The first-order valence-electron chi connectivity index (χ1n) is 16.2. The number of carbonyl (C=O) groups excluding carboxylic acids is 3. The third-order valence-corrected chi connectivity index (χ3v) is 12.4. The van der Waals surface area contributed by atoms with Crippen molar-refractivity contribution < 1.29 is 24.2 Å². The van der Waals surface area contributed by atoms with Crippen molar-refractivity contribution in [3.8, 4) is 0 Å². The summed E-state index contributed by atoms with van der Waals surface area (Å²) in [5.41, 5.74) is 0.992. The molecule has 4 fully saturated rings. The molecule has 0 radical (unpaired) electrons. The molecular weight excluding hydrogens is 560 g/mol. The summed E-state index contributed by atoms with van der Waals surface area (Å²) in [6.07, 6.45) is 12.5. The first-order chi connectivity index (χ1) is 20.9. The number of rotatable bonds is 14. The smallest absolute Gasteiger partial charge is 0.310 e. The minimum Gasteiger partial charge on any atom is -0.465 e. The number of ether oxygens (including phenoxy) is 1. The molecule has 3 unspecified atom stereocenters. The van der Waals surface area contributed by atoms with E-state index in [2.05, 4.69) is 20.1 Å². The second kappa shape index (κ2) is 14.0. The van der Waals surface area contributed by atoms with Crippen LogP contribution in [0.5, 0.6) is 0 Å².